The van der Waals surface area contributed by atoms with E-state index in [1.807, 2.05) is 71.6 Å². The summed E-state index contributed by atoms with van der Waals surface area (Å²) in [4.78, 5) is 17.6. The van der Waals surface area contributed by atoms with E-state index in [9.17, 15) is 9.90 Å². The summed E-state index contributed by atoms with van der Waals surface area (Å²) in [5.74, 6) is -0.0181. The SMILES string of the molecule is CC(Oc1cccc(CN(CCOc2ccccc2)c2nc3ccccc3o2)c1)C(=O)[O-].[Na+]. The van der Waals surface area contributed by atoms with Crippen molar-refractivity contribution in [2.75, 3.05) is 18.1 Å². The number of oxazole rings is 1. The van der Waals surface area contributed by atoms with Gasteiger partial charge < -0.3 is 28.7 Å². The Kier molecular flexibility index (Phi) is 8.77. The first-order valence-corrected chi connectivity index (χ1v) is 10.3. The molecule has 1 unspecified atom stereocenters. The molecule has 0 aliphatic carbocycles. The van der Waals surface area contributed by atoms with Crippen LogP contribution in [0.5, 0.6) is 11.5 Å². The molecule has 0 aliphatic rings. The van der Waals surface area contributed by atoms with Crippen LogP contribution in [0.2, 0.25) is 0 Å². The van der Waals surface area contributed by atoms with Gasteiger partial charge in [-0.2, -0.15) is 4.98 Å². The van der Waals surface area contributed by atoms with Crippen LogP contribution >= 0.6 is 0 Å². The van der Waals surface area contributed by atoms with Gasteiger partial charge in [0.1, 0.15) is 29.7 Å². The van der Waals surface area contributed by atoms with Gasteiger partial charge in [-0.25, -0.2) is 0 Å². The topological polar surface area (TPSA) is 87.9 Å². The summed E-state index contributed by atoms with van der Waals surface area (Å²) in [6.07, 6.45) is -1.04. The molecule has 7 nitrogen and oxygen atoms in total. The first-order valence-electron chi connectivity index (χ1n) is 10.3. The van der Waals surface area contributed by atoms with Crippen LogP contribution in [-0.2, 0) is 11.3 Å². The second kappa shape index (κ2) is 11.7. The van der Waals surface area contributed by atoms with Crippen LogP contribution in [0.4, 0.5) is 6.01 Å². The van der Waals surface area contributed by atoms with Crippen LogP contribution in [-0.4, -0.2) is 30.2 Å². The van der Waals surface area contributed by atoms with Crippen LogP contribution in [0, 0.1) is 0 Å². The summed E-state index contributed by atoms with van der Waals surface area (Å²) in [5.41, 5.74) is 2.39. The molecule has 0 aliphatic heterocycles. The standard InChI is InChI=1S/C25H24N2O5.Na/c1-18(24(28)29)31-21-11-7-8-19(16-21)17-27(14-15-30-20-9-3-2-4-10-20)25-26-22-12-5-6-13-23(22)32-25;/h2-13,16,18H,14-15,17H2,1H3,(H,28,29);/q;+1/p-1. The van der Waals surface area contributed by atoms with E-state index in [2.05, 4.69) is 4.98 Å². The number of para-hydroxylation sites is 3. The van der Waals surface area contributed by atoms with E-state index in [1.54, 1.807) is 12.1 Å². The fraction of sp³-hybridized carbons (Fsp3) is 0.200. The van der Waals surface area contributed by atoms with Crippen molar-refractivity contribution in [2.45, 2.75) is 19.6 Å². The molecule has 164 valence electrons. The molecule has 33 heavy (non-hydrogen) atoms. The Bertz CT molecular complexity index is 1150. The average Bonchev–Trinajstić information content (AvgIpc) is 3.23. The zero-order valence-electron chi connectivity index (χ0n) is 18.6. The Labute approximate surface area is 214 Å². The van der Waals surface area contributed by atoms with E-state index in [4.69, 9.17) is 13.9 Å². The minimum absolute atomic E-state index is 0. The molecule has 3 aromatic carbocycles. The van der Waals surface area contributed by atoms with Crippen LogP contribution in [0.15, 0.2) is 83.3 Å². The number of hydrogen-bond acceptors (Lipinski definition) is 7. The molecule has 0 spiro atoms. The number of aliphatic carboxylic acids is 1. The third-order valence-corrected chi connectivity index (χ3v) is 4.84. The van der Waals surface area contributed by atoms with Gasteiger partial charge in [0.25, 0.3) is 6.01 Å². The molecule has 0 fully saturated rings. The van der Waals surface area contributed by atoms with Crippen LogP contribution in [0.3, 0.4) is 0 Å². The van der Waals surface area contributed by atoms with E-state index in [-0.39, 0.29) is 29.6 Å². The minimum Gasteiger partial charge on any atom is -0.546 e. The van der Waals surface area contributed by atoms with Crippen molar-refractivity contribution in [3.05, 3.63) is 84.4 Å². The third-order valence-electron chi connectivity index (χ3n) is 4.84. The molecule has 0 bridgehead atoms. The predicted molar refractivity (Wildman–Crippen MR) is 119 cm³/mol. The van der Waals surface area contributed by atoms with Crippen molar-refractivity contribution in [2.24, 2.45) is 0 Å². The van der Waals surface area contributed by atoms with Gasteiger partial charge in [-0.1, -0.05) is 42.5 Å². The van der Waals surface area contributed by atoms with Crippen molar-refractivity contribution < 1.29 is 53.3 Å². The Morgan fingerprint density at radius 2 is 1.76 bits per heavy atom. The molecular weight excluding hydrogens is 431 g/mol. The zero-order chi connectivity index (χ0) is 22.3. The molecule has 1 aromatic heterocycles. The second-order valence-corrected chi connectivity index (χ2v) is 7.27. The summed E-state index contributed by atoms with van der Waals surface area (Å²) in [6.45, 7) is 2.87. The van der Waals surface area contributed by atoms with Crippen LogP contribution in [0.1, 0.15) is 12.5 Å². The number of hydrogen-bond donors (Lipinski definition) is 0. The minimum atomic E-state index is -1.26. The summed E-state index contributed by atoms with van der Waals surface area (Å²) < 4.78 is 17.3. The van der Waals surface area contributed by atoms with Gasteiger partial charge >= 0.3 is 29.6 Å². The van der Waals surface area contributed by atoms with Gasteiger partial charge in [0.05, 0.1) is 12.5 Å². The fourth-order valence-corrected chi connectivity index (χ4v) is 3.22. The van der Waals surface area contributed by atoms with Gasteiger partial charge in [0.15, 0.2) is 5.58 Å². The smallest absolute Gasteiger partial charge is 0.546 e. The van der Waals surface area contributed by atoms with E-state index < -0.39 is 12.1 Å². The molecule has 0 saturated carbocycles. The second-order valence-electron chi connectivity index (χ2n) is 7.27. The quantitative estimate of drug-likeness (QED) is 0.321. The maximum atomic E-state index is 11.0. The normalized spacial score (nSPS) is 11.4. The van der Waals surface area contributed by atoms with Gasteiger partial charge in [-0.15, -0.1) is 0 Å². The molecule has 0 amide bonds. The number of nitrogens with zero attached hydrogens (tertiary/aromatic N) is 2. The molecule has 0 saturated heterocycles. The Morgan fingerprint density at radius 3 is 2.52 bits per heavy atom. The van der Waals surface area contributed by atoms with Crippen molar-refractivity contribution in [1.82, 2.24) is 4.98 Å². The fourth-order valence-electron chi connectivity index (χ4n) is 3.22. The van der Waals surface area contributed by atoms with Crippen molar-refractivity contribution in [1.29, 1.82) is 0 Å². The average molecular weight is 454 g/mol. The Hall–Kier alpha value is -3.00. The number of fused-ring (bicyclic) bond motifs is 1. The number of carboxylic acids is 1. The number of anilines is 1. The number of carbonyl (C=O) groups is 1. The monoisotopic (exact) mass is 454 g/mol. The maximum absolute atomic E-state index is 11.0. The molecule has 4 aromatic rings. The summed E-state index contributed by atoms with van der Waals surface area (Å²) in [7, 11) is 0. The number of rotatable bonds is 10. The van der Waals surface area contributed by atoms with E-state index in [1.165, 1.54) is 6.92 Å². The molecule has 0 N–H and O–H groups in total. The van der Waals surface area contributed by atoms with Gasteiger partial charge in [0.2, 0.25) is 0 Å². The van der Waals surface area contributed by atoms with E-state index in [0.717, 1.165) is 16.8 Å². The maximum Gasteiger partial charge on any atom is 1.00 e. The molecule has 1 atom stereocenters. The Balaban J connectivity index is 0.00000306. The largest absolute Gasteiger partial charge is 1.00 e. The third kappa shape index (κ3) is 6.74. The number of benzene rings is 3. The van der Waals surface area contributed by atoms with Crippen molar-refractivity contribution >= 4 is 23.1 Å². The molecule has 4 rings (SSSR count). The van der Waals surface area contributed by atoms with E-state index >= 15 is 0 Å². The number of ether oxygens (including phenoxy) is 2. The van der Waals surface area contributed by atoms with Gasteiger partial charge in [0, 0.05) is 6.54 Å². The molecule has 1 heterocycles. The Morgan fingerprint density at radius 1 is 1.03 bits per heavy atom. The predicted octanol–water partition coefficient (Wildman–Crippen LogP) is 0.435. The van der Waals surface area contributed by atoms with E-state index in [0.29, 0.717) is 37.0 Å². The van der Waals surface area contributed by atoms with Gasteiger partial charge in [-0.05, 0) is 48.9 Å². The molecular formula is C25H23N2NaO5. The van der Waals surface area contributed by atoms with Crippen LogP contribution in [0.25, 0.3) is 11.1 Å². The first kappa shape index (κ1) is 24.6. The van der Waals surface area contributed by atoms with Crippen molar-refractivity contribution in [3.8, 4) is 11.5 Å². The number of carboxylic acid groups (broad SMARTS) is 1. The van der Waals surface area contributed by atoms with Gasteiger partial charge in [-0.3, -0.25) is 0 Å². The first-order chi connectivity index (χ1) is 15.6. The summed E-state index contributed by atoms with van der Waals surface area (Å²) in [5, 5.41) is 11.0. The van der Waals surface area contributed by atoms with Crippen LogP contribution < -0.4 is 49.0 Å². The number of carbonyl (C=O) groups excluding carboxylic acids is 1. The molecule has 8 heteroatoms. The van der Waals surface area contributed by atoms with Crippen molar-refractivity contribution in [3.63, 3.8) is 0 Å². The summed E-state index contributed by atoms with van der Waals surface area (Å²) in [6, 6.07) is 24.9. The molecule has 0 radical (unpaired) electrons. The number of aromatic nitrogens is 1. The zero-order valence-corrected chi connectivity index (χ0v) is 20.6. The summed E-state index contributed by atoms with van der Waals surface area (Å²) >= 11 is 0.